The summed E-state index contributed by atoms with van der Waals surface area (Å²) in [6, 6.07) is 17.6. The molecule has 0 atom stereocenters. The molecule has 200 valence electrons. The Morgan fingerprint density at radius 2 is 1.82 bits per heavy atom. The molecule has 0 spiro atoms. The highest BCUT2D eigenvalue weighted by atomic mass is 16.1. The fraction of sp³-hybridized carbons (Fsp3) is 0.290. The monoisotopic (exact) mass is 521 g/mol. The van der Waals surface area contributed by atoms with Crippen LogP contribution in [0.25, 0.3) is 11.3 Å². The first kappa shape index (κ1) is 26.3. The van der Waals surface area contributed by atoms with Gasteiger partial charge in [-0.3, -0.25) is 14.7 Å². The number of rotatable bonds is 8. The zero-order valence-corrected chi connectivity index (χ0v) is 22.8. The minimum Gasteiger partial charge on any atom is -0.369 e. The van der Waals surface area contributed by atoms with Crippen molar-refractivity contribution in [1.82, 2.24) is 19.9 Å². The van der Waals surface area contributed by atoms with Crippen LogP contribution in [0.2, 0.25) is 0 Å². The van der Waals surface area contributed by atoms with Crippen molar-refractivity contribution in [3.63, 3.8) is 0 Å². The standard InChI is InChI=1S/C31H35N7O/c1-4-12-37-13-15-38(16-14-37)27-18-22(2)17-26(20-27)34-30(39)24-8-7-23(3)29(19-24)36-31-33-11-9-28(35-31)25-6-5-10-32-21-25/h5-11,17-21H,4,12-16H2,1-3H3,(H,34,39)(H,33,35,36). The van der Waals surface area contributed by atoms with Crippen LogP contribution >= 0.6 is 0 Å². The lowest BCUT2D eigenvalue weighted by atomic mass is 10.1. The first-order valence-electron chi connectivity index (χ1n) is 13.5. The van der Waals surface area contributed by atoms with Crippen LogP contribution in [0.5, 0.6) is 0 Å². The van der Waals surface area contributed by atoms with Crippen LogP contribution in [0.1, 0.15) is 34.8 Å². The molecule has 1 amide bonds. The second-order valence-corrected chi connectivity index (χ2v) is 10.0. The molecule has 2 aromatic heterocycles. The summed E-state index contributed by atoms with van der Waals surface area (Å²) in [5.41, 5.74) is 7.08. The van der Waals surface area contributed by atoms with Crippen LogP contribution in [-0.2, 0) is 0 Å². The third-order valence-corrected chi connectivity index (χ3v) is 6.96. The van der Waals surface area contributed by atoms with Crippen molar-refractivity contribution >= 4 is 28.9 Å². The zero-order chi connectivity index (χ0) is 27.2. The quantitative estimate of drug-likeness (QED) is 0.308. The molecular weight excluding hydrogens is 486 g/mol. The van der Waals surface area contributed by atoms with E-state index < -0.39 is 0 Å². The van der Waals surface area contributed by atoms with Gasteiger partial charge in [-0.1, -0.05) is 13.0 Å². The van der Waals surface area contributed by atoms with E-state index in [1.54, 1.807) is 18.6 Å². The Labute approximate surface area is 230 Å². The largest absolute Gasteiger partial charge is 0.369 e. The predicted octanol–water partition coefficient (Wildman–Crippen LogP) is 5.68. The minimum absolute atomic E-state index is 0.160. The maximum absolute atomic E-state index is 13.3. The number of carbonyl (C=O) groups is 1. The lowest BCUT2D eigenvalue weighted by Crippen LogP contribution is -2.46. The number of carbonyl (C=O) groups excluding carboxylic acids is 1. The molecule has 39 heavy (non-hydrogen) atoms. The van der Waals surface area contributed by atoms with Gasteiger partial charge < -0.3 is 15.5 Å². The van der Waals surface area contributed by atoms with Gasteiger partial charge in [0.15, 0.2) is 0 Å². The Hall–Kier alpha value is -4.30. The summed E-state index contributed by atoms with van der Waals surface area (Å²) >= 11 is 0. The summed E-state index contributed by atoms with van der Waals surface area (Å²) < 4.78 is 0. The van der Waals surface area contributed by atoms with Gasteiger partial charge in [0, 0.05) is 73.0 Å². The molecule has 0 saturated carbocycles. The van der Waals surface area contributed by atoms with Crippen molar-refractivity contribution < 1.29 is 4.79 Å². The third kappa shape index (κ3) is 6.59. The topological polar surface area (TPSA) is 86.3 Å². The second-order valence-electron chi connectivity index (χ2n) is 10.0. The van der Waals surface area contributed by atoms with E-state index in [1.807, 2.05) is 49.4 Å². The third-order valence-electron chi connectivity index (χ3n) is 6.96. The Bertz CT molecular complexity index is 1430. The molecule has 1 fully saturated rings. The number of anilines is 4. The highest BCUT2D eigenvalue weighted by Gasteiger charge is 2.18. The molecule has 3 heterocycles. The molecule has 0 bridgehead atoms. The van der Waals surface area contributed by atoms with Crippen LogP contribution in [0.3, 0.4) is 0 Å². The van der Waals surface area contributed by atoms with Gasteiger partial charge in [0.05, 0.1) is 5.69 Å². The second kappa shape index (κ2) is 12.0. The van der Waals surface area contributed by atoms with Crippen LogP contribution in [-0.4, -0.2) is 58.5 Å². The predicted molar refractivity (Wildman–Crippen MR) is 158 cm³/mol. The van der Waals surface area contributed by atoms with Gasteiger partial charge in [0.25, 0.3) is 5.91 Å². The number of benzene rings is 2. The molecule has 8 nitrogen and oxygen atoms in total. The molecule has 1 saturated heterocycles. The Balaban J connectivity index is 1.30. The summed E-state index contributed by atoms with van der Waals surface area (Å²) in [6.07, 6.45) is 6.39. The van der Waals surface area contributed by atoms with Gasteiger partial charge in [-0.05, 0) is 86.5 Å². The number of piperazine rings is 1. The van der Waals surface area contributed by atoms with Crippen molar-refractivity contribution in [2.24, 2.45) is 0 Å². The number of aryl methyl sites for hydroxylation is 2. The smallest absolute Gasteiger partial charge is 0.255 e. The van der Waals surface area contributed by atoms with E-state index >= 15 is 0 Å². The van der Waals surface area contributed by atoms with E-state index in [2.05, 4.69) is 61.4 Å². The summed E-state index contributed by atoms with van der Waals surface area (Å²) in [5, 5.41) is 6.39. The number of pyridine rings is 1. The average molecular weight is 522 g/mol. The lowest BCUT2D eigenvalue weighted by Gasteiger charge is -2.36. The highest BCUT2D eigenvalue weighted by molar-refractivity contribution is 6.05. The van der Waals surface area contributed by atoms with Gasteiger partial charge >= 0.3 is 0 Å². The number of hydrogen-bond donors (Lipinski definition) is 2. The minimum atomic E-state index is -0.160. The van der Waals surface area contributed by atoms with Gasteiger partial charge in [-0.15, -0.1) is 0 Å². The fourth-order valence-corrected chi connectivity index (χ4v) is 4.88. The van der Waals surface area contributed by atoms with Gasteiger partial charge in [0.2, 0.25) is 5.95 Å². The molecule has 2 aromatic carbocycles. The molecule has 1 aliphatic rings. The normalized spacial score (nSPS) is 13.8. The molecule has 5 rings (SSSR count). The maximum atomic E-state index is 13.3. The summed E-state index contributed by atoms with van der Waals surface area (Å²) in [5.74, 6) is 0.298. The summed E-state index contributed by atoms with van der Waals surface area (Å²) in [6.45, 7) is 11.6. The SMILES string of the molecule is CCCN1CCN(c2cc(C)cc(NC(=O)c3ccc(C)c(Nc4nccc(-c5cccnc5)n4)c3)c2)CC1. The number of hydrogen-bond acceptors (Lipinski definition) is 7. The van der Waals surface area contributed by atoms with E-state index in [0.717, 1.165) is 72.2 Å². The Morgan fingerprint density at radius 3 is 2.59 bits per heavy atom. The van der Waals surface area contributed by atoms with Crippen molar-refractivity contribution in [1.29, 1.82) is 0 Å². The molecule has 8 heteroatoms. The van der Waals surface area contributed by atoms with Crippen LogP contribution < -0.4 is 15.5 Å². The van der Waals surface area contributed by atoms with Gasteiger partial charge in [-0.2, -0.15) is 0 Å². The zero-order valence-electron chi connectivity index (χ0n) is 22.8. The first-order valence-corrected chi connectivity index (χ1v) is 13.5. The maximum Gasteiger partial charge on any atom is 0.255 e. The van der Waals surface area contributed by atoms with Crippen molar-refractivity contribution in [3.8, 4) is 11.3 Å². The van der Waals surface area contributed by atoms with Gasteiger partial charge in [0.1, 0.15) is 0 Å². The molecule has 1 aliphatic heterocycles. The van der Waals surface area contributed by atoms with Gasteiger partial charge in [-0.25, -0.2) is 9.97 Å². The molecule has 4 aromatic rings. The van der Waals surface area contributed by atoms with Crippen LogP contribution in [0, 0.1) is 13.8 Å². The number of nitrogens with zero attached hydrogens (tertiary/aromatic N) is 5. The molecule has 2 N–H and O–H groups in total. The van der Waals surface area contributed by atoms with Crippen molar-refractivity contribution in [2.75, 3.05) is 48.3 Å². The molecule has 0 radical (unpaired) electrons. The molecule has 0 aliphatic carbocycles. The van der Waals surface area contributed by atoms with E-state index in [1.165, 1.54) is 6.42 Å². The van der Waals surface area contributed by atoms with E-state index in [4.69, 9.17) is 0 Å². The summed E-state index contributed by atoms with van der Waals surface area (Å²) in [4.78, 5) is 31.4. The van der Waals surface area contributed by atoms with E-state index in [-0.39, 0.29) is 5.91 Å². The van der Waals surface area contributed by atoms with Crippen LogP contribution in [0.4, 0.5) is 23.0 Å². The van der Waals surface area contributed by atoms with Crippen molar-refractivity contribution in [2.45, 2.75) is 27.2 Å². The lowest BCUT2D eigenvalue weighted by molar-refractivity contribution is 0.102. The number of aromatic nitrogens is 3. The molecular formula is C31H35N7O. The van der Waals surface area contributed by atoms with Crippen molar-refractivity contribution in [3.05, 3.63) is 89.9 Å². The average Bonchev–Trinajstić information content (AvgIpc) is 2.95. The Morgan fingerprint density at radius 1 is 0.974 bits per heavy atom. The summed E-state index contributed by atoms with van der Waals surface area (Å²) in [7, 11) is 0. The van der Waals surface area contributed by atoms with E-state index in [0.29, 0.717) is 11.5 Å². The fourth-order valence-electron chi connectivity index (χ4n) is 4.88. The first-order chi connectivity index (χ1) is 19.0. The Kier molecular flexibility index (Phi) is 8.13. The number of amides is 1. The number of nitrogens with one attached hydrogen (secondary N) is 2. The van der Waals surface area contributed by atoms with E-state index in [9.17, 15) is 4.79 Å². The molecule has 0 unspecified atom stereocenters. The van der Waals surface area contributed by atoms with Crippen LogP contribution in [0.15, 0.2) is 73.2 Å². The highest BCUT2D eigenvalue weighted by Crippen LogP contribution is 2.26.